The third-order valence-electron chi connectivity index (χ3n) is 5.21. The van der Waals surface area contributed by atoms with Crippen LogP contribution in [0.4, 0.5) is 5.69 Å². The lowest BCUT2D eigenvalue weighted by Gasteiger charge is -2.21. The number of hydrogen-bond acceptors (Lipinski definition) is 3. The number of anilines is 1. The number of benzene rings is 2. The van der Waals surface area contributed by atoms with Crippen LogP contribution in [0.15, 0.2) is 48.5 Å². The standard InChI is InChI=1S/C21H23NO4/c1-20(2,19(24)25)14-8-10-15(11-9-14)22-18(23)21(12-13-21)16-6-4-5-7-17(16)26-3/h4-11H,12-13H2,1-3H3,(H,22,23)(H,24,25). The van der Waals surface area contributed by atoms with Crippen molar-refractivity contribution in [3.05, 3.63) is 59.7 Å². The number of para-hydroxylation sites is 1. The highest BCUT2D eigenvalue weighted by molar-refractivity contribution is 6.02. The number of ether oxygens (including phenoxy) is 1. The predicted molar refractivity (Wildman–Crippen MR) is 99.6 cm³/mol. The summed E-state index contributed by atoms with van der Waals surface area (Å²) in [6, 6.07) is 14.6. The molecule has 0 aromatic heterocycles. The van der Waals surface area contributed by atoms with Gasteiger partial charge in [-0.2, -0.15) is 0 Å². The molecule has 1 saturated carbocycles. The summed E-state index contributed by atoms with van der Waals surface area (Å²) in [5.41, 5.74) is 0.724. The second kappa shape index (κ2) is 6.48. The Morgan fingerprint density at radius 3 is 2.23 bits per heavy atom. The van der Waals surface area contributed by atoms with Crippen LogP contribution in [0, 0.1) is 0 Å². The average molecular weight is 353 g/mol. The fourth-order valence-corrected chi connectivity index (χ4v) is 3.13. The maximum Gasteiger partial charge on any atom is 0.313 e. The van der Waals surface area contributed by atoms with Gasteiger partial charge in [-0.3, -0.25) is 9.59 Å². The number of nitrogens with one attached hydrogen (secondary N) is 1. The van der Waals surface area contributed by atoms with Crippen LogP contribution in [0.25, 0.3) is 0 Å². The van der Waals surface area contributed by atoms with Crippen LogP contribution in [0.5, 0.6) is 5.75 Å². The quantitative estimate of drug-likeness (QED) is 0.830. The van der Waals surface area contributed by atoms with Gasteiger partial charge in [0.25, 0.3) is 0 Å². The number of carboxylic acid groups (broad SMARTS) is 1. The third kappa shape index (κ3) is 3.05. The monoisotopic (exact) mass is 353 g/mol. The first kappa shape index (κ1) is 18.0. The maximum atomic E-state index is 12.9. The molecule has 3 rings (SSSR count). The molecule has 0 aliphatic heterocycles. The Labute approximate surface area is 153 Å². The van der Waals surface area contributed by atoms with Gasteiger partial charge in [-0.1, -0.05) is 30.3 Å². The number of carbonyl (C=O) groups excluding carboxylic acids is 1. The van der Waals surface area contributed by atoms with Crippen molar-refractivity contribution in [3.8, 4) is 5.75 Å². The lowest BCUT2D eigenvalue weighted by atomic mass is 9.85. The van der Waals surface area contributed by atoms with Crippen molar-refractivity contribution in [3.63, 3.8) is 0 Å². The molecule has 0 bridgehead atoms. The number of rotatable bonds is 6. The van der Waals surface area contributed by atoms with Gasteiger partial charge in [0.2, 0.25) is 5.91 Å². The average Bonchev–Trinajstić information content (AvgIpc) is 3.44. The molecule has 5 heteroatoms. The van der Waals surface area contributed by atoms with Crippen molar-refractivity contribution >= 4 is 17.6 Å². The van der Waals surface area contributed by atoms with E-state index in [1.54, 1.807) is 45.2 Å². The number of carboxylic acids is 1. The van der Waals surface area contributed by atoms with Gasteiger partial charge in [0.15, 0.2) is 0 Å². The number of methoxy groups -OCH3 is 1. The molecule has 1 aliphatic rings. The van der Waals surface area contributed by atoms with Crippen LogP contribution < -0.4 is 10.1 Å². The van der Waals surface area contributed by atoms with Gasteiger partial charge >= 0.3 is 5.97 Å². The van der Waals surface area contributed by atoms with E-state index in [0.29, 0.717) is 11.3 Å². The van der Waals surface area contributed by atoms with E-state index < -0.39 is 16.8 Å². The first-order valence-corrected chi connectivity index (χ1v) is 8.60. The molecule has 5 nitrogen and oxygen atoms in total. The maximum absolute atomic E-state index is 12.9. The summed E-state index contributed by atoms with van der Waals surface area (Å²) in [5, 5.41) is 12.3. The summed E-state index contributed by atoms with van der Waals surface area (Å²) in [6.45, 7) is 3.31. The summed E-state index contributed by atoms with van der Waals surface area (Å²) in [4.78, 5) is 24.3. The molecule has 26 heavy (non-hydrogen) atoms. The molecule has 1 fully saturated rings. The van der Waals surface area contributed by atoms with Crippen molar-refractivity contribution in [2.24, 2.45) is 0 Å². The first-order chi connectivity index (χ1) is 12.3. The SMILES string of the molecule is COc1ccccc1C1(C(=O)Nc2ccc(C(C)(C)C(=O)O)cc2)CC1. The number of amides is 1. The molecule has 1 aliphatic carbocycles. The fraction of sp³-hybridized carbons (Fsp3) is 0.333. The van der Waals surface area contributed by atoms with E-state index in [2.05, 4.69) is 5.32 Å². The zero-order chi connectivity index (χ0) is 18.9. The number of aliphatic carboxylic acids is 1. The van der Waals surface area contributed by atoms with Crippen LogP contribution in [0.2, 0.25) is 0 Å². The Morgan fingerprint density at radius 2 is 1.69 bits per heavy atom. The van der Waals surface area contributed by atoms with Gasteiger partial charge in [-0.05, 0) is 50.5 Å². The Bertz CT molecular complexity index is 835. The molecule has 136 valence electrons. The van der Waals surface area contributed by atoms with E-state index in [9.17, 15) is 14.7 Å². The van der Waals surface area contributed by atoms with Crippen molar-refractivity contribution in [2.75, 3.05) is 12.4 Å². The van der Waals surface area contributed by atoms with Gasteiger partial charge in [0, 0.05) is 11.3 Å². The molecule has 1 amide bonds. The minimum absolute atomic E-state index is 0.0627. The summed E-state index contributed by atoms with van der Waals surface area (Å²) in [5.74, 6) is -0.228. The lowest BCUT2D eigenvalue weighted by Crippen LogP contribution is -2.29. The van der Waals surface area contributed by atoms with Gasteiger partial charge in [0.05, 0.1) is 17.9 Å². The molecule has 2 aromatic carbocycles. The molecule has 0 saturated heterocycles. The van der Waals surface area contributed by atoms with Gasteiger partial charge in [-0.25, -0.2) is 0 Å². The highest BCUT2D eigenvalue weighted by atomic mass is 16.5. The predicted octanol–water partition coefficient (Wildman–Crippen LogP) is 3.73. The highest BCUT2D eigenvalue weighted by Crippen LogP contribution is 2.52. The number of hydrogen-bond donors (Lipinski definition) is 2. The van der Waals surface area contributed by atoms with Gasteiger partial charge in [0.1, 0.15) is 5.75 Å². The Kier molecular flexibility index (Phi) is 4.48. The van der Waals surface area contributed by atoms with Crippen molar-refractivity contribution < 1.29 is 19.4 Å². The van der Waals surface area contributed by atoms with Crippen LogP contribution in [0.1, 0.15) is 37.8 Å². The van der Waals surface area contributed by atoms with E-state index in [0.717, 1.165) is 24.2 Å². The second-order valence-corrected chi connectivity index (χ2v) is 7.24. The summed E-state index contributed by atoms with van der Waals surface area (Å²) in [7, 11) is 1.61. The molecule has 2 N–H and O–H groups in total. The Balaban J connectivity index is 1.79. The van der Waals surface area contributed by atoms with E-state index in [4.69, 9.17) is 4.74 Å². The zero-order valence-electron chi connectivity index (χ0n) is 15.2. The minimum atomic E-state index is -0.975. The Hall–Kier alpha value is -2.82. The molecule has 2 aromatic rings. The van der Waals surface area contributed by atoms with E-state index in [1.165, 1.54) is 0 Å². The van der Waals surface area contributed by atoms with Crippen LogP contribution >= 0.6 is 0 Å². The van der Waals surface area contributed by atoms with E-state index >= 15 is 0 Å². The second-order valence-electron chi connectivity index (χ2n) is 7.24. The third-order valence-corrected chi connectivity index (χ3v) is 5.21. The molecular weight excluding hydrogens is 330 g/mol. The van der Waals surface area contributed by atoms with Gasteiger partial charge < -0.3 is 15.2 Å². The zero-order valence-corrected chi connectivity index (χ0v) is 15.2. The normalized spacial score (nSPS) is 15.2. The van der Waals surface area contributed by atoms with Crippen LogP contribution in [-0.4, -0.2) is 24.1 Å². The molecule has 0 radical (unpaired) electrons. The molecule has 0 atom stereocenters. The van der Waals surface area contributed by atoms with Crippen LogP contribution in [-0.2, 0) is 20.4 Å². The van der Waals surface area contributed by atoms with Gasteiger partial charge in [-0.15, -0.1) is 0 Å². The van der Waals surface area contributed by atoms with E-state index in [-0.39, 0.29) is 5.91 Å². The minimum Gasteiger partial charge on any atom is -0.496 e. The largest absolute Gasteiger partial charge is 0.496 e. The lowest BCUT2D eigenvalue weighted by molar-refractivity contribution is -0.142. The Morgan fingerprint density at radius 1 is 1.08 bits per heavy atom. The topological polar surface area (TPSA) is 75.6 Å². The molecule has 0 unspecified atom stereocenters. The van der Waals surface area contributed by atoms with Crippen molar-refractivity contribution in [2.45, 2.75) is 37.5 Å². The van der Waals surface area contributed by atoms with Crippen molar-refractivity contribution in [1.82, 2.24) is 0 Å². The summed E-state index contributed by atoms with van der Waals surface area (Å²) < 4.78 is 5.41. The van der Waals surface area contributed by atoms with E-state index in [1.807, 2.05) is 24.3 Å². The molecule has 0 spiro atoms. The number of carbonyl (C=O) groups is 2. The molecular formula is C21H23NO4. The molecule has 0 heterocycles. The first-order valence-electron chi connectivity index (χ1n) is 8.60. The van der Waals surface area contributed by atoms with Crippen LogP contribution in [0.3, 0.4) is 0 Å². The summed E-state index contributed by atoms with van der Waals surface area (Å²) >= 11 is 0. The van der Waals surface area contributed by atoms with Crippen molar-refractivity contribution in [1.29, 1.82) is 0 Å². The highest BCUT2D eigenvalue weighted by Gasteiger charge is 2.52. The smallest absolute Gasteiger partial charge is 0.313 e. The summed E-state index contributed by atoms with van der Waals surface area (Å²) in [6.07, 6.45) is 1.56. The fourth-order valence-electron chi connectivity index (χ4n) is 3.13.